The molecule has 1 amide bonds. The van der Waals surface area contributed by atoms with Crippen LogP contribution in [0, 0.1) is 0 Å². The van der Waals surface area contributed by atoms with E-state index in [-0.39, 0.29) is 18.9 Å². The Hall–Kier alpha value is -2.77. The Kier molecular flexibility index (Phi) is 41.6. The third kappa shape index (κ3) is 29.7. The zero-order valence-electron chi connectivity index (χ0n) is 50.1. The van der Waals surface area contributed by atoms with Gasteiger partial charge in [-0.2, -0.15) is 0 Å². The van der Waals surface area contributed by atoms with E-state index >= 15 is 0 Å². The normalized spacial score (nSPS) is 29.9. The van der Waals surface area contributed by atoms with Crippen molar-refractivity contribution in [2.24, 2.45) is 0 Å². The average Bonchev–Trinajstić information content (AvgIpc) is 3.33. The van der Waals surface area contributed by atoms with Gasteiger partial charge in [0.1, 0.15) is 73.2 Å². The second kappa shape index (κ2) is 46.4. The van der Waals surface area contributed by atoms with Gasteiger partial charge in [-0.1, -0.05) is 183 Å². The van der Waals surface area contributed by atoms with Crippen molar-refractivity contribution in [2.45, 2.75) is 298 Å². The Morgan fingerprint density at radius 1 is 0.446 bits per heavy atom. The molecule has 0 aromatic carbocycles. The number of unbranched alkanes of at least 4 members (excludes halogenated alkanes) is 20. The molecule has 0 aromatic heterocycles. The van der Waals surface area contributed by atoms with E-state index in [0.29, 0.717) is 12.8 Å². The smallest absolute Gasteiger partial charge is 0.220 e. The van der Waals surface area contributed by atoms with E-state index in [4.69, 9.17) is 28.4 Å². The number of carbonyl (C=O) groups excluding carboxylic acids is 1. The zero-order chi connectivity index (χ0) is 60.5. The van der Waals surface area contributed by atoms with Crippen molar-refractivity contribution in [2.75, 3.05) is 26.4 Å². The molecule has 0 spiro atoms. The molecule has 3 aliphatic rings. The highest BCUT2D eigenvalue weighted by molar-refractivity contribution is 5.76. The van der Waals surface area contributed by atoms with E-state index in [9.17, 15) is 61.0 Å². The van der Waals surface area contributed by atoms with Gasteiger partial charge >= 0.3 is 0 Å². The molecule has 3 heterocycles. The topological polar surface area (TPSA) is 307 Å². The maximum absolute atomic E-state index is 13.3. The Morgan fingerprint density at radius 2 is 0.843 bits per heavy atom. The summed E-state index contributed by atoms with van der Waals surface area (Å²) in [4.78, 5) is 13.3. The second-order valence-corrected chi connectivity index (χ2v) is 22.5. The number of hydrogen-bond donors (Lipinski definition) is 12. The Bertz CT molecular complexity index is 1790. The molecule has 17 unspecified atom stereocenters. The van der Waals surface area contributed by atoms with E-state index in [1.54, 1.807) is 6.08 Å². The molecular weight excluding hydrogens is 1070 g/mol. The Morgan fingerprint density at radius 3 is 1.35 bits per heavy atom. The van der Waals surface area contributed by atoms with Gasteiger partial charge in [0.25, 0.3) is 0 Å². The third-order valence-corrected chi connectivity index (χ3v) is 15.5. The molecule has 3 fully saturated rings. The highest BCUT2D eigenvalue weighted by atomic mass is 16.8. The molecule has 83 heavy (non-hydrogen) atoms. The number of carbonyl (C=O) groups is 1. The number of ether oxygens (including phenoxy) is 6. The second-order valence-electron chi connectivity index (χ2n) is 22.5. The van der Waals surface area contributed by atoms with E-state index in [0.717, 1.165) is 64.2 Å². The number of rotatable bonds is 46. The zero-order valence-corrected chi connectivity index (χ0v) is 50.1. The number of hydrogen-bond acceptors (Lipinski definition) is 18. The number of aliphatic hydroxyl groups excluding tert-OH is 11. The monoisotopic (exact) mass is 1180 g/mol. The Balaban J connectivity index is 1.49. The van der Waals surface area contributed by atoms with Gasteiger partial charge in [-0.25, -0.2) is 0 Å². The van der Waals surface area contributed by atoms with Crippen LogP contribution in [0.4, 0.5) is 0 Å². The summed E-state index contributed by atoms with van der Waals surface area (Å²) in [6.07, 6.45) is 29.0. The number of amides is 1. The number of aliphatic hydroxyl groups is 11. The molecule has 19 nitrogen and oxygen atoms in total. The van der Waals surface area contributed by atoms with Gasteiger partial charge in [0.05, 0.1) is 38.6 Å². The summed E-state index contributed by atoms with van der Waals surface area (Å²) in [6, 6.07) is -1.01. The van der Waals surface area contributed by atoms with Crippen molar-refractivity contribution >= 4 is 5.91 Å². The summed E-state index contributed by atoms with van der Waals surface area (Å²) in [5, 5.41) is 120. The average molecular weight is 1180 g/mol. The first-order valence-corrected chi connectivity index (χ1v) is 31.7. The fraction of sp³-hybridized carbons (Fsp3) is 0.797. The Labute approximate surface area is 496 Å². The lowest BCUT2D eigenvalue weighted by atomic mass is 9.96. The van der Waals surface area contributed by atoms with Gasteiger partial charge in [-0.05, 0) is 77.0 Å². The molecule has 3 rings (SSSR count). The third-order valence-electron chi connectivity index (χ3n) is 15.5. The molecule has 0 saturated carbocycles. The van der Waals surface area contributed by atoms with Crippen LogP contribution in [0.2, 0.25) is 0 Å². The van der Waals surface area contributed by atoms with Gasteiger partial charge in [0.15, 0.2) is 18.9 Å². The summed E-state index contributed by atoms with van der Waals surface area (Å²) >= 11 is 0. The fourth-order valence-electron chi connectivity index (χ4n) is 10.3. The highest BCUT2D eigenvalue weighted by Crippen LogP contribution is 2.33. The van der Waals surface area contributed by atoms with Crippen molar-refractivity contribution in [3.05, 3.63) is 72.9 Å². The molecule has 19 heteroatoms. The molecule has 0 bridgehead atoms. The standard InChI is InChI=1S/C64H111NO18/c1-3-5-7-9-11-13-15-17-18-19-20-21-22-23-24-25-26-27-28-30-31-33-35-37-39-41-48(69)47(65-52(70)42-40-38-36-34-32-29-16-14-12-10-8-6-4-2)46-78-62-58(76)55(73)60(50(44-67)80-62)83-64-59(77)56(74)61(51(45-68)81-64)82-63-57(75)54(72)53(71)49(43-66)79-63/h6,8,12,14,26-27,29,31-33,39,41,47-51,53-64,66-69,71-77H,3-5,7,9-11,13,15-25,28,30,34-38,40,42-46H2,1-2H3,(H,65,70)/b8-6-,14-12-,27-26+,32-29-,33-31+,41-39+. The van der Waals surface area contributed by atoms with Crippen LogP contribution in [-0.4, -0.2) is 193 Å². The van der Waals surface area contributed by atoms with Crippen molar-refractivity contribution in [3.63, 3.8) is 0 Å². The van der Waals surface area contributed by atoms with Crippen molar-refractivity contribution in [3.8, 4) is 0 Å². The van der Waals surface area contributed by atoms with Gasteiger partial charge < -0.3 is 89.9 Å². The first-order valence-electron chi connectivity index (χ1n) is 31.7. The molecule has 17 atom stereocenters. The lowest BCUT2D eigenvalue weighted by molar-refractivity contribution is -0.379. The molecular formula is C64H111NO18. The number of allylic oxidation sites excluding steroid dienone is 11. The van der Waals surface area contributed by atoms with E-state index in [1.165, 1.54) is 96.3 Å². The van der Waals surface area contributed by atoms with Crippen LogP contribution in [0.15, 0.2) is 72.9 Å². The van der Waals surface area contributed by atoms with Gasteiger partial charge in [-0.15, -0.1) is 0 Å². The molecule has 0 radical (unpaired) electrons. The first-order chi connectivity index (χ1) is 40.3. The summed E-state index contributed by atoms with van der Waals surface area (Å²) in [5.41, 5.74) is 0. The molecule has 12 N–H and O–H groups in total. The molecule has 3 saturated heterocycles. The van der Waals surface area contributed by atoms with Crippen LogP contribution >= 0.6 is 0 Å². The minimum atomic E-state index is -1.99. The van der Waals surface area contributed by atoms with E-state index < -0.39 is 124 Å². The van der Waals surface area contributed by atoms with Crippen LogP contribution in [0.1, 0.15) is 194 Å². The van der Waals surface area contributed by atoms with Crippen molar-refractivity contribution in [1.29, 1.82) is 0 Å². The van der Waals surface area contributed by atoms with Gasteiger partial charge in [-0.3, -0.25) is 4.79 Å². The van der Waals surface area contributed by atoms with E-state index in [1.807, 2.05) is 6.08 Å². The van der Waals surface area contributed by atoms with Gasteiger partial charge in [0.2, 0.25) is 5.91 Å². The van der Waals surface area contributed by atoms with Crippen LogP contribution in [0.5, 0.6) is 0 Å². The summed E-state index contributed by atoms with van der Waals surface area (Å²) in [7, 11) is 0. The fourth-order valence-corrected chi connectivity index (χ4v) is 10.3. The summed E-state index contributed by atoms with van der Waals surface area (Å²) in [5.74, 6) is -0.322. The lowest BCUT2D eigenvalue weighted by Gasteiger charge is -2.48. The van der Waals surface area contributed by atoms with Crippen LogP contribution < -0.4 is 5.32 Å². The predicted octanol–water partition coefficient (Wildman–Crippen LogP) is 6.60. The molecule has 0 aliphatic carbocycles. The van der Waals surface area contributed by atoms with Crippen molar-refractivity contribution in [1.82, 2.24) is 5.32 Å². The first kappa shape index (κ1) is 74.5. The van der Waals surface area contributed by atoms with Crippen LogP contribution in [-0.2, 0) is 33.2 Å². The largest absolute Gasteiger partial charge is 0.394 e. The summed E-state index contributed by atoms with van der Waals surface area (Å²) in [6.45, 7) is 1.54. The minimum Gasteiger partial charge on any atom is -0.394 e. The lowest BCUT2D eigenvalue weighted by Crippen LogP contribution is -2.66. The highest BCUT2D eigenvalue weighted by Gasteiger charge is 2.53. The van der Waals surface area contributed by atoms with Crippen LogP contribution in [0.3, 0.4) is 0 Å². The van der Waals surface area contributed by atoms with Gasteiger partial charge in [0, 0.05) is 6.42 Å². The maximum Gasteiger partial charge on any atom is 0.220 e. The molecule has 3 aliphatic heterocycles. The minimum absolute atomic E-state index is 0.193. The predicted molar refractivity (Wildman–Crippen MR) is 318 cm³/mol. The summed E-state index contributed by atoms with van der Waals surface area (Å²) < 4.78 is 34.2. The van der Waals surface area contributed by atoms with Crippen molar-refractivity contribution < 1.29 is 89.4 Å². The molecule has 480 valence electrons. The quantitative estimate of drug-likeness (QED) is 0.0226. The van der Waals surface area contributed by atoms with Crippen LogP contribution in [0.25, 0.3) is 0 Å². The molecule has 0 aromatic rings. The SMILES string of the molecule is CC/C=C\C/C=C\C/C=C\CCCCCC(=O)NC(COC1OC(CO)C(OC2OC(CO)C(OC3OC(CO)C(O)C(O)C3O)C(O)C2O)C(O)C1O)C(O)/C=C/CC/C=C/CC/C=C/CCCCCCCCCCCCCCCCC. The number of nitrogens with one attached hydrogen (secondary N) is 1. The maximum atomic E-state index is 13.3. The van der Waals surface area contributed by atoms with E-state index in [2.05, 4.69) is 79.9 Å².